The number of nitrogen functional groups attached to an aromatic ring is 1. The monoisotopic (exact) mass is 352 g/mol. The summed E-state index contributed by atoms with van der Waals surface area (Å²) in [5.74, 6) is -0.0957. The van der Waals surface area contributed by atoms with Gasteiger partial charge in [0.1, 0.15) is 23.9 Å². The molecule has 0 amide bonds. The van der Waals surface area contributed by atoms with Gasteiger partial charge in [0.05, 0.1) is 11.9 Å². The van der Waals surface area contributed by atoms with Crippen LogP contribution in [0.3, 0.4) is 0 Å². The number of rotatable bonds is 5. The van der Waals surface area contributed by atoms with Crippen molar-refractivity contribution in [1.82, 2.24) is 25.0 Å². The lowest BCUT2D eigenvalue weighted by atomic mass is 10.3. The maximum Gasteiger partial charge on any atom is 0.573 e. The average molecular weight is 352 g/mol. The summed E-state index contributed by atoms with van der Waals surface area (Å²) in [4.78, 5) is 7.74. The number of halogens is 3. The van der Waals surface area contributed by atoms with Gasteiger partial charge in [-0.3, -0.25) is 0 Å². The van der Waals surface area contributed by atoms with Crippen LogP contribution in [0, 0.1) is 0 Å². The van der Waals surface area contributed by atoms with Gasteiger partial charge in [-0.2, -0.15) is 4.98 Å². The molecule has 0 aliphatic rings. The third-order valence-electron chi connectivity index (χ3n) is 2.86. The summed E-state index contributed by atoms with van der Waals surface area (Å²) in [5.41, 5.74) is 6.28. The van der Waals surface area contributed by atoms with Gasteiger partial charge in [0.15, 0.2) is 0 Å². The average Bonchev–Trinajstić information content (AvgIpc) is 3.01. The fourth-order valence-electron chi connectivity index (χ4n) is 1.88. The number of alkyl halides is 3. The maximum absolute atomic E-state index is 12.3. The molecule has 130 valence electrons. The minimum absolute atomic E-state index is 0.0161. The lowest BCUT2D eigenvalue weighted by Gasteiger charge is -2.09. The molecule has 2 aromatic heterocycles. The second kappa shape index (κ2) is 6.63. The van der Waals surface area contributed by atoms with Gasteiger partial charge >= 0.3 is 12.4 Å². The molecule has 0 unspecified atom stereocenters. The van der Waals surface area contributed by atoms with Crippen molar-refractivity contribution in [2.75, 3.05) is 5.73 Å². The summed E-state index contributed by atoms with van der Waals surface area (Å²) in [6.07, 6.45) is -1.82. The second-order valence-electron chi connectivity index (χ2n) is 4.75. The molecule has 11 heteroatoms. The van der Waals surface area contributed by atoms with Crippen LogP contribution in [0.25, 0.3) is 5.69 Å². The standard InChI is InChI=1S/C14H11F3N6O2/c15-14(16,17)25-11-3-1-2-10(6-11)23-7-9(21-22-23)8-24-13-19-5-4-12(18)20-13/h1-7H,8H2,(H2,18,19,20). The van der Waals surface area contributed by atoms with Gasteiger partial charge in [-0.1, -0.05) is 11.3 Å². The second-order valence-corrected chi connectivity index (χ2v) is 4.75. The predicted molar refractivity (Wildman–Crippen MR) is 78.8 cm³/mol. The summed E-state index contributed by atoms with van der Waals surface area (Å²) >= 11 is 0. The van der Waals surface area contributed by atoms with E-state index in [1.54, 1.807) is 6.07 Å². The quantitative estimate of drug-likeness (QED) is 0.750. The molecule has 3 aromatic rings. The van der Waals surface area contributed by atoms with E-state index in [1.807, 2.05) is 0 Å². The molecule has 0 aliphatic carbocycles. The van der Waals surface area contributed by atoms with E-state index in [0.29, 0.717) is 11.4 Å². The van der Waals surface area contributed by atoms with Gasteiger partial charge in [0.25, 0.3) is 0 Å². The molecular formula is C14H11F3N6O2. The molecule has 0 fully saturated rings. The first-order valence-corrected chi connectivity index (χ1v) is 6.88. The van der Waals surface area contributed by atoms with E-state index in [4.69, 9.17) is 10.5 Å². The van der Waals surface area contributed by atoms with Crippen LogP contribution in [0.4, 0.5) is 19.0 Å². The van der Waals surface area contributed by atoms with E-state index in [9.17, 15) is 13.2 Å². The van der Waals surface area contributed by atoms with Crippen LogP contribution in [0.2, 0.25) is 0 Å². The molecule has 0 radical (unpaired) electrons. The number of hydrogen-bond acceptors (Lipinski definition) is 7. The Morgan fingerprint density at radius 3 is 2.80 bits per heavy atom. The Kier molecular flexibility index (Phi) is 4.37. The molecule has 1 aromatic carbocycles. The summed E-state index contributed by atoms with van der Waals surface area (Å²) < 4.78 is 47.3. The molecule has 0 aliphatic heterocycles. The number of nitrogens with two attached hydrogens (primary N) is 1. The zero-order chi connectivity index (χ0) is 17.9. The van der Waals surface area contributed by atoms with Crippen molar-refractivity contribution in [2.45, 2.75) is 13.0 Å². The van der Waals surface area contributed by atoms with Crippen LogP contribution >= 0.6 is 0 Å². The highest BCUT2D eigenvalue weighted by Crippen LogP contribution is 2.24. The number of nitrogens with zero attached hydrogens (tertiary/aromatic N) is 5. The number of aromatic nitrogens is 5. The van der Waals surface area contributed by atoms with Gasteiger partial charge in [0, 0.05) is 12.3 Å². The lowest BCUT2D eigenvalue weighted by molar-refractivity contribution is -0.274. The molecule has 0 saturated carbocycles. The van der Waals surface area contributed by atoms with Gasteiger partial charge in [-0.15, -0.1) is 18.3 Å². The smallest absolute Gasteiger partial charge is 0.457 e. The number of anilines is 1. The zero-order valence-corrected chi connectivity index (χ0v) is 12.5. The third-order valence-corrected chi connectivity index (χ3v) is 2.86. The number of hydrogen-bond donors (Lipinski definition) is 1. The Balaban J connectivity index is 1.70. The summed E-state index contributed by atoms with van der Waals surface area (Å²) in [6.45, 7) is 0.0161. The van der Waals surface area contributed by atoms with Crippen LogP contribution in [0.1, 0.15) is 5.69 Å². The molecule has 0 saturated heterocycles. The SMILES string of the molecule is Nc1ccnc(OCc2cn(-c3cccc(OC(F)(F)F)c3)nn2)n1. The van der Waals surface area contributed by atoms with Crippen molar-refractivity contribution >= 4 is 5.82 Å². The molecule has 2 N–H and O–H groups in total. The molecule has 0 bridgehead atoms. The predicted octanol–water partition coefficient (Wildman–Crippen LogP) is 2.12. The zero-order valence-electron chi connectivity index (χ0n) is 12.5. The van der Waals surface area contributed by atoms with Crippen molar-refractivity contribution in [3.63, 3.8) is 0 Å². The fourth-order valence-corrected chi connectivity index (χ4v) is 1.88. The first-order chi connectivity index (χ1) is 11.9. The minimum Gasteiger partial charge on any atom is -0.457 e. The van der Waals surface area contributed by atoms with Crippen molar-refractivity contribution in [2.24, 2.45) is 0 Å². The van der Waals surface area contributed by atoms with E-state index >= 15 is 0 Å². The first kappa shape index (κ1) is 16.5. The van der Waals surface area contributed by atoms with Crippen LogP contribution in [-0.2, 0) is 6.61 Å². The summed E-state index contributed by atoms with van der Waals surface area (Å²) in [5, 5.41) is 7.71. The van der Waals surface area contributed by atoms with Gasteiger partial charge in [-0.05, 0) is 18.2 Å². The Bertz CT molecular complexity index is 868. The molecule has 0 atom stereocenters. The lowest BCUT2D eigenvalue weighted by Crippen LogP contribution is -2.17. The van der Waals surface area contributed by atoms with Crippen LogP contribution < -0.4 is 15.2 Å². The van der Waals surface area contributed by atoms with Crippen molar-refractivity contribution in [1.29, 1.82) is 0 Å². The minimum atomic E-state index is -4.77. The fraction of sp³-hybridized carbons (Fsp3) is 0.143. The first-order valence-electron chi connectivity index (χ1n) is 6.88. The molecule has 0 spiro atoms. The van der Waals surface area contributed by atoms with Crippen LogP contribution in [0.15, 0.2) is 42.7 Å². The highest BCUT2D eigenvalue weighted by atomic mass is 19.4. The van der Waals surface area contributed by atoms with Crippen molar-refractivity contribution in [3.8, 4) is 17.4 Å². The molecule has 3 rings (SSSR count). The normalized spacial score (nSPS) is 11.3. The van der Waals surface area contributed by atoms with Gasteiger partial charge < -0.3 is 15.2 Å². The molecular weight excluding hydrogens is 341 g/mol. The van der Waals surface area contributed by atoms with Crippen LogP contribution in [0.5, 0.6) is 11.8 Å². The van der Waals surface area contributed by atoms with E-state index in [1.165, 1.54) is 41.3 Å². The van der Waals surface area contributed by atoms with E-state index in [2.05, 4.69) is 25.0 Å². The number of benzene rings is 1. The Morgan fingerprint density at radius 2 is 2.04 bits per heavy atom. The third kappa shape index (κ3) is 4.56. The Hall–Kier alpha value is -3.37. The van der Waals surface area contributed by atoms with Crippen LogP contribution in [-0.4, -0.2) is 31.3 Å². The van der Waals surface area contributed by atoms with E-state index in [0.717, 1.165) is 0 Å². The maximum atomic E-state index is 12.3. The summed E-state index contributed by atoms with van der Waals surface area (Å²) in [7, 11) is 0. The number of ether oxygens (including phenoxy) is 2. The topological polar surface area (TPSA) is 101 Å². The van der Waals surface area contributed by atoms with E-state index in [-0.39, 0.29) is 24.2 Å². The Morgan fingerprint density at radius 1 is 1.20 bits per heavy atom. The molecule has 25 heavy (non-hydrogen) atoms. The summed E-state index contributed by atoms with van der Waals surface area (Å²) in [6, 6.07) is 6.94. The van der Waals surface area contributed by atoms with Gasteiger partial charge in [-0.25, -0.2) is 9.67 Å². The Labute approximate surface area is 139 Å². The van der Waals surface area contributed by atoms with E-state index < -0.39 is 6.36 Å². The molecule has 8 nitrogen and oxygen atoms in total. The van der Waals surface area contributed by atoms with Crippen molar-refractivity contribution < 1.29 is 22.6 Å². The van der Waals surface area contributed by atoms with Gasteiger partial charge in [0.2, 0.25) is 0 Å². The highest BCUT2D eigenvalue weighted by Gasteiger charge is 2.31. The van der Waals surface area contributed by atoms with Crippen molar-refractivity contribution in [3.05, 3.63) is 48.4 Å². The largest absolute Gasteiger partial charge is 0.573 e. The highest BCUT2D eigenvalue weighted by molar-refractivity contribution is 5.38. The molecule has 2 heterocycles.